The number of nitrogens with one attached hydrogen (secondary N) is 1. The van der Waals surface area contributed by atoms with Crippen LogP contribution in [0.5, 0.6) is 11.5 Å². The maximum Gasteiger partial charge on any atom is 0.163 e. The summed E-state index contributed by atoms with van der Waals surface area (Å²) >= 11 is 1.82. The lowest BCUT2D eigenvalue weighted by Gasteiger charge is -2.10. The smallest absolute Gasteiger partial charge is 0.163 e. The van der Waals surface area contributed by atoms with Gasteiger partial charge >= 0.3 is 0 Å². The maximum atomic E-state index is 5.68. The highest BCUT2D eigenvalue weighted by atomic mass is 32.1. The Morgan fingerprint density at radius 2 is 1.95 bits per heavy atom. The molecule has 0 spiro atoms. The Kier molecular flexibility index (Phi) is 3.60. The highest BCUT2D eigenvalue weighted by Crippen LogP contribution is 2.32. The fraction of sp³-hybridized carbons (Fsp3) is 0.333. The molecule has 1 aliphatic rings. The Morgan fingerprint density at radius 1 is 1.11 bits per heavy atom. The van der Waals surface area contributed by atoms with Crippen LogP contribution in [0.1, 0.15) is 16.2 Å². The second-order valence-corrected chi connectivity index (χ2v) is 5.95. The molecular formula is C15H17NO2S. The summed E-state index contributed by atoms with van der Waals surface area (Å²) in [6.45, 7) is 4.43. The summed E-state index contributed by atoms with van der Waals surface area (Å²) in [6, 6.07) is 10.3. The van der Waals surface area contributed by atoms with Gasteiger partial charge in [-0.1, -0.05) is 0 Å². The van der Waals surface area contributed by atoms with E-state index in [1.54, 1.807) is 0 Å². The number of aryl methyl sites for hydroxylation is 1. The number of hydrogen-bond acceptors (Lipinski definition) is 4. The number of benzene rings is 1. The average Bonchev–Trinajstić information content (AvgIpc) is 2.70. The van der Waals surface area contributed by atoms with Gasteiger partial charge in [0.2, 0.25) is 0 Å². The monoisotopic (exact) mass is 275 g/mol. The van der Waals surface area contributed by atoms with Gasteiger partial charge in [-0.2, -0.15) is 0 Å². The molecule has 3 nitrogen and oxygen atoms in total. The minimum absolute atomic E-state index is 0.723. The van der Waals surface area contributed by atoms with Crippen molar-refractivity contribution < 1.29 is 9.47 Å². The normalized spacial score (nSPS) is 13.9. The van der Waals surface area contributed by atoms with Gasteiger partial charge in [-0.3, -0.25) is 0 Å². The minimum Gasteiger partial charge on any atom is -0.490 e. The van der Waals surface area contributed by atoms with Crippen LogP contribution < -0.4 is 14.8 Å². The number of anilines is 1. The fourth-order valence-electron chi connectivity index (χ4n) is 2.04. The Morgan fingerprint density at radius 3 is 2.74 bits per heavy atom. The van der Waals surface area contributed by atoms with Crippen molar-refractivity contribution in [1.29, 1.82) is 0 Å². The summed E-state index contributed by atoms with van der Waals surface area (Å²) in [7, 11) is 0. The van der Waals surface area contributed by atoms with Gasteiger partial charge < -0.3 is 14.8 Å². The van der Waals surface area contributed by atoms with Crippen molar-refractivity contribution in [2.75, 3.05) is 18.5 Å². The van der Waals surface area contributed by atoms with E-state index in [1.807, 2.05) is 29.5 Å². The molecule has 0 saturated carbocycles. The lowest BCUT2D eigenvalue weighted by atomic mass is 10.2. The number of fused-ring (bicyclic) bond motifs is 1. The molecule has 2 aromatic rings. The van der Waals surface area contributed by atoms with E-state index in [0.29, 0.717) is 0 Å². The molecule has 4 heteroatoms. The van der Waals surface area contributed by atoms with Crippen LogP contribution in [0, 0.1) is 6.92 Å². The van der Waals surface area contributed by atoms with Crippen molar-refractivity contribution in [3.05, 3.63) is 40.1 Å². The zero-order chi connectivity index (χ0) is 13.1. The highest BCUT2D eigenvalue weighted by Gasteiger charge is 2.10. The van der Waals surface area contributed by atoms with Crippen molar-refractivity contribution in [1.82, 2.24) is 0 Å². The van der Waals surface area contributed by atoms with Crippen molar-refractivity contribution in [3.8, 4) is 11.5 Å². The van der Waals surface area contributed by atoms with Crippen molar-refractivity contribution in [3.63, 3.8) is 0 Å². The lowest BCUT2D eigenvalue weighted by molar-refractivity contribution is 0.297. The number of rotatable bonds is 3. The topological polar surface area (TPSA) is 30.5 Å². The lowest BCUT2D eigenvalue weighted by Crippen LogP contribution is -1.98. The molecule has 100 valence electrons. The summed E-state index contributed by atoms with van der Waals surface area (Å²) < 4.78 is 11.3. The molecule has 0 unspecified atom stereocenters. The Hall–Kier alpha value is -1.68. The third kappa shape index (κ3) is 3.01. The molecule has 0 aliphatic carbocycles. The largest absolute Gasteiger partial charge is 0.490 e. The standard InChI is InChI=1S/C15H17NO2S/c1-11-3-5-13(19-11)10-16-12-4-6-14-15(9-12)18-8-2-7-17-14/h3-6,9,16H,2,7-8,10H2,1H3. The van der Waals surface area contributed by atoms with Crippen molar-refractivity contribution >= 4 is 17.0 Å². The summed E-state index contributed by atoms with van der Waals surface area (Å²) in [6.07, 6.45) is 0.936. The van der Waals surface area contributed by atoms with E-state index in [2.05, 4.69) is 24.4 Å². The van der Waals surface area contributed by atoms with E-state index >= 15 is 0 Å². The first kappa shape index (κ1) is 12.4. The van der Waals surface area contributed by atoms with Gasteiger partial charge in [-0.05, 0) is 31.2 Å². The van der Waals surface area contributed by atoms with E-state index in [4.69, 9.17) is 9.47 Å². The Balaban J connectivity index is 1.69. The first-order valence-electron chi connectivity index (χ1n) is 6.50. The van der Waals surface area contributed by atoms with Gasteiger partial charge in [0.05, 0.1) is 13.2 Å². The van der Waals surface area contributed by atoms with E-state index in [0.717, 1.165) is 43.4 Å². The van der Waals surface area contributed by atoms with E-state index in [9.17, 15) is 0 Å². The predicted molar refractivity (Wildman–Crippen MR) is 78.4 cm³/mol. The first-order chi connectivity index (χ1) is 9.31. The minimum atomic E-state index is 0.723. The van der Waals surface area contributed by atoms with Gasteiger partial charge in [0.15, 0.2) is 11.5 Å². The van der Waals surface area contributed by atoms with Crippen molar-refractivity contribution in [2.45, 2.75) is 19.9 Å². The van der Waals surface area contributed by atoms with Crippen LogP contribution in [0.2, 0.25) is 0 Å². The molecule has 1 aromatic carbocycles. The SMILES string of the molecule is Cc1ccc(CNc2ccc3c(c2)OCCCO3)s1. The van der Waals surface area contributed by atoms with Gasteiger partial charge in [-0.15, -0.1) is 11.3 Å². The Labute approximate surface area is 117 Å². The molecule has 3 rings (SSSR count). The summed E-state index contributed by atoms with van der Waals surface area (Å²) in [5.41, 5.74) is 1.07. The fourth-order valence-corrected chi connectivity index (χ4v) is 2.87. The van der Waals surface area contributed by atoms with Gasteiger partial charge in [-0.25, -0.2) is 0 Å². The number of thiophene rings is 1. The molecule has 0 bridgehead atoms. The van der Waals surface area contributed by atoms with E-state index in [-0.39, 0.29) is 0 Å². The molecule has 2 heterocycles. The summed E-state index contributed by atoms with van der Waals surface area (Å²) in [4.78, 5) is 2.68. The molecular weight excluding hydrogens is 258 g/mol. The molecule has 0 fully saturated rings. The van der Waals surface area contributed by atoms with Crippen LogP contribution in [-0.2, 0) is 6.54 Å². The number of hydrogen-bond donors (Lipinski definition) is 1. The Bertz CT molecular complexity index is 565. The molecule has 0 radical (unpaired) electrons. The van der Waals surface area contributed by atoms with Gasteiger partial charge in [0.25, 0.3) is 0 Å². The molecule has 0 atom stereocenters. The van der Waals surface area contributed by atoms with Crippen LogP contribution in [0.4, 0.5) is 5.69 Å². The highest BCUT2D eigenvalue weighted by molar-refractivity contribution is 7.11. The first-order valence-corrected chi connectivity index (χ1v) is 7.32. The third-order valence-corrected chi connectivity index (χ3v) is 4.01. The average molecular weight is 275 g/mol. The molecule has 1 N–H and O–H groups in total. The summed E-state index contributed by atoms with van der Waals surface area (Å²) in [5.74, 6) is 1.68. The molecule has 19 heavy (non-hydrogen) atoms. The third-order valence-electron chi connectivity index (χ3n) is 3.01. The van der Waals surface area contributed by atoms with Crippen LogP contribution in [0.3, 0.4) is 0 Å². The second kappa shape index (κ2) is 5.53. The van der Waals surface area contributed by atoms with E-state index < -0.39 is 0 Å². The second-order valence-electron chi connectivity index (χ2n) is 4.58. The number of ether oxygens (including phenoxy) is 2. The summed E-state index contributed by atoms with van der Waals surface area (Å²) in [5, 5.41) is 3.42. The molecule has 1 aliphatic heterocycles. The van der Waals surface area contributed by atoms with Crippen LogP contribution in [-0.4, -0.2) is 13.2 Å². The quantitative estimate of drug-likeness (QED) is 0.923. The van der Waals surface area contributed by atoms with Crippen molar-refractivity contribution in [2.24, 2.45) is 0 Å². The van der Waals surface area contributed by atoms with Gasteiger partial charge in [0.1, 0.15) is 0 Å². The zero-order valence-electron chi connectivity index (χ0n) is 10.9. The van der Waals surface area contributed by atoms with Crippen LogP contribution >= 0.6 is 11.3 Å². The van der Waals surface area contributed by atoms with Crippen LogP contribution in [0.15, 0.2) is 30.3 Å². The molecule has 0 amide bonds. The maximum absolute atomic E-state index is 5.68. The molecule has 1 aromatic heterocycles. The van der Waals surface area contributed by atoms with E-state index in [1.165, 1.54) is 9.75 Å². The predicted octanol–water partition coefficient (Wildman–Crippen LogP) is 3.83. The zero-order valence-corrected chi connectivity index (χ0v) is 11.8. The van der Waals surface area contributed by atoms with Crippen LogP contribution in [0.25, 0.3) is 0 Å². The molecule has 0 saturated heterocycles. The van der Waals surface area contributed by atoms with Gasteiger partial charge in [0, 0.05) is 34.5 Å².